The zero-order chi connectivity index (χ0) is 19.9. The summed E-state index contributed by atoms with van der Waals surface area (Å²) in [4.78, 5) is 26.6. The second kappa shape index (κ2) is 9.43. The Morgan fingerprint density at radius 3 is 2.61 bits per heavy atom. The SMILES string of the molecule is COc1ccc(NC(=O)COc2ccccc2C(=O)N2CCOCC2)cc1Cl. The molecule has 1 aliphatic rings. The molecule has 2 amide bonds. The Balaban J connectivity index is 1.62. The second-order valence-corrected chi connectivity index (χ2v) is 6.49. The molecule has 0 unspecified atom stereocenters. The summed E-state index contributed by atoms with van der Waals surface area (Å²) in [7, 11) is 1.52. The molecule has 0 bridgehead atoms. The van der Waals surface area contributed by atoms with E-state index in [1.54, 1.807) is 47.4 Å². The van der Waals surface area contributed by atoms with Gasteiger partial charge in [0.05, 0.1) is 30.9 Å². The summed E-state index contributed by atoms with van der Waals surface area (Å²) in [5, 5.41) is 3.09. The third kappa shape index (κ3) is 4.94. The van der Waals surface area contributed by atoms with E-state index in [1.165, 1.54) is 7.11 Å². The summed E-state index contributed by atoms with van der Waals surface area (Å²) >= 11 is 6.06. The maximum atomic E-state index is 12.7. The van der Waals surface area contributed by atoms with Crippen LogP contribution in [-0.2, 0) is 9.53 Å². The number of hydrogen-bond donors (Lipinski definition) is 1. The molecule has 3 rings (SSSR count). The molecule has 1 aliphatic heterocycles. The molecule has 0 spiro atoms. The number of carbonyl (C=O) groups is 2. The standard InChI is InChI=1S/C20H21ClN2O5/c1-26-18-7-6-14(12-16(18)21)22-19(24)13-28-17-5-3-2-4-15(17)20(25)23-8-10-27-11-9-23/h2-7,12H,8-11,13H2,1H3,(H,22,24). The van der Waals surface area contributed by atoms with Crippen molar-refractivity contribution in [2.45, 2.75) is 0 Å². The number of halogens is 1. The molecule has 0 aromatic heterocycles. The van der Waals surface area contributed by atoms with Crippen LogP contribution in [0.2, 0.25) is 5.02 Å². The Hall–Kier alpha value is -2.77. The van der Waals surface area contributed by atoms with E-state index in [-0.39, 0.29) is 18.4 Å². The Labute approximate surface area is 168 Å². The highest BCUT2D eigenvalue weighted by molar-refractivity contribution is 6.32. The molecular weight excluding hydrogens is 384 g/mol. The fourth-order valence-corrected chi connectivity index (χ4v) is 3.05. The highest BCUT2D eigenvalue weighted by Gasteiger charge is 2.21. The Morgan fingerprint density at radius 2 is 1.89 bits per heavy atom. The summed E-state index contributed by atoms with van der Waals surface area (Å²) < 4.78 is 16.0. The van der Waals surface area contributed by atoms with Crippen LogP contribution in [0.25, 0.3) is 0 Å². The summed E-state index contributed by atoms with van der Waals surface area (Å²) in [6, 6.07) is 11.8. The Bertz CT molecular complexity index is 852. The summed E-state index contributed by atoms with van der Waals surface area (Å²) in [5.74, 6) is 0.379. The first kappa shape index (κ1) is 20.0. The van der Waals surface area contributed by atoms with Crippen LogP contribution >= 0.6 is 11.6 Å². The van der Waals surface area contributed by atoms with Crippen molar-refractivity contribution in [2.24, 2.45) is 0 Å². The molecule has 7 nitrogen and oxygen atoms in total. The summed E-state index contributed by atoms with van der Waals surface area (Å²) in [6.07, 6.45) is 0. The van der Waals surface area contributed by atoms with Crippen LogP contribution in [-0.4, -0.2) is 56.7 Å². The van der Waals surface area contributed by atoms with Gasteiger partial charge in [-0.25, -0.2) is 0 Å². The van der Waals surface area contributed by atoms with Gasteiger partial charge in [0.15, 0.2) is 6.61 Å². The van der Waals surface area contributed by atoms with Gasteiger partial charge in [0, 0.05) is 18.8 Å². The minimum Gasteiger partial charge on any atom is -0.495 e. The first-order valence-electron chi connectivity index (χ1n) is 8.80. The molecule has 1 saturated heterocycles. The number of benzene rings is 2. The quantitative estimate of drug-likeness (QED) is 0.801. The number of rotatable bonds is 6. The number of anilines is 1. The van der Waals surface area contributed by atoms with E-state index in [0.717, 1.165) is 0 Å². The van der Waals surface area contributed by atoms with Crippen molar-refractivity contribution in [2.75, 3.05) is 45.3 Å². The molecule has 1 fully saturated rings. The van der Waals surface area contributed by atoms with Crippen LogP contribution in [0.5, 0.6) is 11.5 Å². The third-order valence-corrected chi connectivity index (χ3v) is 4.51. The van der Waals surface area contributed by atoms with Crippen molar-refractivity contribution in [3.05, 3.63) is 53.1 Å². The number of nitrogens with one attached hydrogen (secondary N) is 1. The van der Waals surface area contributed by atoms with E-state index in [1.807, 2.05) is 0 Å². The summed E-state index contributed by atoms with van der Waals surface area (Å²) in [5.41, 5.74) is 0.946. The van der Waals surface area contributed by atoms with Gasteiger partial charge >= 0.3 is 0 Å². The van der Waals surface area contributed by atoms with Crippen LogP contribution in [0.1, 0.15) is 10.4 Å². The number of hydrogen-bond acceptors (Lipinski definition) is 5. The van der Waals surface area contributed by atoms with Gasteiger partial charge in [-0.15, -0.1) is 0 Å². The van der Waals surface area contributed by atoms with E-state index in [2.05, 4.69) is 5.32 Å². The first-order chi connectivity index (χ1) is 13.6. The van der Waals surface area contributed by atoms with E-state index in [0.29, 0.717) is 54.1 Å². The molecule has 8 heteroatoms. The van der Waals surface area contributed by atoms with Gasteiger partial charge in [-0.1, -0.05) is 23.7 Å². The monoisotopic (exact) mass is 404 g/mol. The number of methoxy groups -OCH3 is 1. The topological polar surface area (TPSA) is 77.1 Å². The molecular formula is C20H21ClN2O5. The molecule has 0 aliphatic carbocycles. The lowest BCUT2D eigenvalue weighted by atomic mass is 10.1. The van der Waals surface area contributed by atoms with Gasteiger partial charge in [-0.3, -0.25) is 9.59 Å². The molecule has 28 heavy (non-hydrogen) atoms. The average molecular weight is 405 g/mol. The molecule has 2 aromatic carbocycles. The lowest BCUT2D eigenvalue weighted by molar-refractivity contribution is -0.118. The molecule has 0 radical (unpaired) electrons. The molecule has 0 saturated carbocycles. The lowest BCUT2D eigenvalue weighted by Gasteiger charge is -2.27. The molecule has 1 heterocycles. The van der Waals surface area contributed by atoms with E-state index in [4.69, 9.17) is 25.8 Å². The van der Waals surface area contributed by atoms with Crippen LogP contribution < -0.4 is 14.8 Å². The minimum atomic E-state index is -0.366. The maximum Gasteiger partial charge on any atom is 0.262 e. The van der Waals surface area contributed by atoms with Gasteiger partial charge in [0.1, 0.15) is 11.5 Å². The zero-order valence-electron chi connectivity index (χ0n) is 15.4. The molecule has 2 aromatic rings. The molecule has 148 valence electrons. The van der Waals surface area contributed by atoms with Crippen molar-refractivity contribution in [1.82, 2.24) is 4.90 Å². The molecule has 0 atom stereocenters. The predicted molar refractivity (Wildman–Crippen MR) is 105 cm³/mol. The van der Waals surface area contributed by atoms with Gasteiger partial charge in [-0.2, -0.15) is 0 Å². The van der Waals surface area contributed by atoms with Crippen LogP contribution in [0.3, 0.4) is 0 Å². The zero-order valence-corrected chi connectivity index (χ0v) is 16.2. The smallest absolute Gasteiger partial charge is 0.262 e. The third-order valence-electron chi connectivity index (χ3n) is 4.21. The number of morpholine rings is 1. The average Bonchev–Trinajstić information content (AvgIpc) is 2.73. The number of para-hydroxylation sites is 1. The van der Waals surface area contributed by atoms with Gasteiger partial charge < -0.3 is 24.4 Å². The van der Waals surface area contributed by atoms with Crippen molar-refractivity contribution in [3.63, 3.8) is 0 Å². The van der Waals surface area contributed by atoms with Gasteiger partial charge in [-0.05, 0) is 30.3 Å². The number of amides is 2. The van der Waals surface area contributed by atoms with Crippen LogP contribution in [0.4, 0.5) is 5.69 Å². The summed E-state index contributed by atoms with van der Waals surface area (Å²) in [6.45, 7) is 1.86. The van der Waals surface area contributed by atoms with Gasteiger partial charge in [0.25, 0.3) is 11.8 Å². The first-order valence-corrected chi connectivity index (χ1v) is 9.18. The fraction of sp³-hybridized carbons (Fsp3) is 0.300. The number of nitrogens with zero attached hydrogens (tertiary/aromatic N) is 1. The Kier molecular flexibility index (Phi) is 6.73. The number of carbonyl (C=O) groups excluding carboxylic acids is 2. The Morgan fingerprint density at radius 1 is 1.14 bits per heavy atom. The van der Waals surface area contributed by atoms with Crippen molar-refractivity contribution in [3.8, 4) is 11.5 Å². The van der Waals surface area contributed by atoms with E-state index < -0.39 is 0 Å². The minimum absolute atomic E-state index is 0.138. The normalized spacial score (nSPS) is 13.7. The highest BCUT2D eigenvalue weighted by atomic mass is 35.5. The highest BCUT2D eigenvalue weighted by Crippen LogP contribution is 2.27. The van der Waals surface area contributed by atoms with E-state index in [9.17, 15) is 9.59 Å². The van der Waals surface area contributed by atoms with Gasteiger partial charge in [0.2, 0.25) is 0 Å². The van der Waals surface area contributed by atoms with Crippen molar-refractivity contribution < 1.29 is 23.8 Å². The second-order valence-electron chi connectivity index (χ2n) is 6.09. The lowest BCUT2D eigenvalue weighted by Crippen LogP contribution is -2.40. The maximum absolute atomic E-state index is 12.7. The van der Waals surface area contributed by atoms with Crippen LogP contribution in [0, 0.1) is 0 Å². The predicted octanol–water partition coefficient (Wildman–Crippen LogP) is 2.84. The number of ether oxygens (including phenoxy) is 3. The van der Waals surface area contributed by atoms with Crippen molar-refractivity contribution in [1.29, 1.82) is 0 Å². The largest absolute Gasteiger partial charge is 0.495 e. The van der Waals surface area contributed by atoms with Crippen LogP contribution in [0.15, 0.2) is 42.5 Å². The molecule has 1 N–H and O–H groups in total. The van der Waals surface area contributed by atoms with Crippen molar-refractivity contribution >= 4 is 29.1 Å². The fourth-order valence-electron chi connectivity index (χ4n) is 2.79. The van der Waals surface area contributed by atoms with E-state index >= 15 is 0 Å².